The molecule has 0 bridgehead atoms. The van der Waals surface area contributed by atoms with E-state index in [0.29, 0.717) is 67.3 Å². The number of hydrogen-bond donors (Lipinski definition) is 3. The van der Waals surface area contributed by atoms with Crippen LogP contribution in [-0.2, 0) is 17.9 Å². The summed E-state index contributed by atoms with van der Waals surface area (Å²) < 4.78 is 16.4. The molecule has 0 spiro atoms. The molecule has 3 aliphatic heterocycles. The van der Waals surface area contributed by atoms with Crippen molar-refractivity contribution in [2.45, 2.75) is 36.4 Å². The first-order valence-electron chi connectivity index (χ1n) is 12.2. The molecule has 1 saturated heterocycles. The van der Waals surface area contributed by atoms with E-state index in [1.165, 1.54) is 24.0 Å². The Bertz CT molecular complexity index is 1400. The van der Waals surface area contributed by atoms with Gasteiger partial charge in [0.25, 0.3) is 5.56 Å². The van der Waals surface area contributed by atoms with E-state index in [1.54, 1.807) is 10.6 Å². The smallest absolute Gasteiger partial charge is 0.251 e. The number of carbonyl (C=O) groups excluding carboxylic acids is 1. The third-order valence-corrected chi connectivity index (χ3v) is 8.35. The Labute approximate surface area is 223 Å². The van der Waals surface area contributed by atoms with Crippen LogP contribution in [0.5, 0.6) is 0 Å². The van der Waals surface area contributed by atoms with Gasteiger partial charge in [-0.25, -0.2) is 9.37 Å². The fraction of sp³-hybridized carbons (Fsp3) is 0.440. The number of anilines is 1. The quantitative estimate of drug-likeness (QED) is 0.430. The fourth-order valence-electron chi connectivity index (χ4n) is 5.56. The topological polar surface area (TPSA) is 112 Å². The van der Waals surface area contributed by atoms with Crippen LogP contribution in [0.2, 0.25) is 0 Å². The Morgan fingerprint density at radius 2 is 2.08 bits per heavy atom. The number of amides is 1. The van der Waals surface area contributed by atoms with E-state index in [4.69, 9.17) is 0 Å². The summed E-state index contributed by atoms with van der Waals surface area (Å²) in [5.74, 6) is 0.478. The molecule has 0 saturated carbocycles. The van der Waals surface area contributed by atoms with Gasteiger partial charge in [0.1, 0.15) is 11.6 Å². The number of fused-ring (bicyclic) bond motifs is 1. The molecule has 1 fully saturated rings. The number of nitrogens with zero attached hydrogens (tertiary/aromatic N) is 4. The molecule has 6 heterocycles. The van der Waals surface area contributed by atoms with Crippen LogP contribution in [0.25, 0.3) is 11.0 Å². The number of likely N-dealkylation sites (tertiary alicyclic amines) is 1. The van der Waals surface area contributed by atoms with Gasteiger partial charge in [-0.15, -0.1) is 24.2 Å². The van der Waals surface area contributed by atoms with Crippen LogP contribution in [0, 0.1) is 11.7 Å². The second-order valence-electron chi connectivity index (χ2n) is 9.73. The molecule has 0 aromatic carbocycles. The molecule has 1 unspecified atom stereocenters. The normalized spacial score (nSPS) is 23.0. The van der Waals surface area contributed by atoms with Crippen LogP contribution >= 0.6 is 24.2 Å². The van der Waals surface area contributed by atoms with E-state index in [1.807, 2.05) is 12.1 Å². The lowest BCUT2D eigenvalue weighted by Crippen LogP contribution is -2.48. The maximum absolute atomic E-state index is 14.8. The van der Waals surface area contributed by atoms with Crippen molar-refractivity contribution in [3.63, 3.8) is 0 Å². The lowest BCUT2D eigenvalue weighted by atomic mass is 9.92. The molecule has 3 N–H and O–H groups in total. The van der Waals surface area contributed by atoms with E-state index >= 15 is 0 Å². The van der Waals surface area contributed by atoms with Crippen LogP contribution in [0.1, 0.15) is 23.6 Å². The van der Waals surface area contributed by atoms with Gasteiger partial charge in [-0.1, -0.05) is 0 Å². The van der Waals surface area contributed by atoms with Gasteiger partial charge in [0.2, 0.25) is 5.91 Å². The molecule has 3 aliphatic rings. The van der Waals surface area contributed by atoms with Crippen molar-refractivity contribution in [2.75, 3.05) is 37.2 Å². The maximum atomic E-state index is 14.8. The molecule has 3 aromatic heterocycles. The largest absolute Gasteiger partial charge is 0.393 e. The van der Waals surface area contributed by atoms with Crippen molar-refractivity contribution in [3.05, 3.63) is 57.9 Å². The van der Waals surface area contributed by atoms with Gasteiger partial charge in [0, 0.05) is 62.7 Å². The molecule has 9 nitrogen and oxygen atoms in total. The predicted molar refractivity (Wildman–Crippen MR) is 142 cm³/mol. The van der Waals surface area contributed by atoms with Gasteiger partial charge in [-0.05, 0) is 24.6 Å². The molecule has 12 heteroatoms. The monoisotopic (exact) mass is 546 g/mol. The van der Waals surface area contributed by atoms with Crippen molar-refractivity contribution in [1.82, 2.24) is 24.8 Å². The number of piperidine rings is 1. The van der Waals surface area contributed by atoms with Crippen molar-refractivity contribution < 1.29 is 14.3 Å². The highest BCUT2D eigenvalue weighted by atomic mass is 35.5. The van der Waals surface area contributed by atoms with Gasteiger partial charge in [0.15, 0.2) is 0 Å². The number of aromatic nitrogens is 3. The number of halogens is 2. The minimum atomic E-state index is -0.423. The fourth-order valence-corrected chi connectivity index (χ4v) is 6.31. The number of thioether (sulfide) groups is 1. The number of nitrogens with one attached hydrogen (secondary N) is 2. The molecular weight excluding hydrogens is 519 g/mol. The Morgan fingerprint density at radius 3 is 2.95 bits per heavy atom. The number of aliphatic hydroxyl groups is 1. The zero-order valence-corrected chi connectivity index (χ0v) is 21.7. The summed E-state index contributed by atoms with van der Waals surface area (Å²) in [5.41, 5.74) is 2.50. The van der Waals surface area contributed by atoms with E-state index in [-0.39, 0.29) is 41.5 Å². The third kappa shape index (κ3) is 5.10. The molecule has 3 atom stereocenters. The van der Waals surface area contributed by atoms with Crippen LogP contribution in [0.4, 0.5) is 10.2 Å². The Balaban J connectivity index is 0.00000280. The first-order chi connectivity index (χ1) is 17.5. The standard InChI is InChI=1S/C25H27FN6O3S.ClH/c26-17-9-28-18-2-4-22(35)32-12-15(23(17)24(18)32)11-31-6-5-19(33)14(10-31)7-27-8-16-1-3-20-25(29-16)30-21(34)13-36-20;/h1-4,9,14-15,19,27,33H,5-8,10-13H2,(H,29,30,34);1H/t14-,15?,19+;/m1./s1. The first kappa shape index (κ1) is 26.1. The number of aliphatic hydroxyl groups excluding tert-OH is 1. The van der Waals surface area contributed by atoms with Crippen LogP contribution in [0.3, 0.4) is 0 Å². The van der Waals surface area contributed by atoms with Crippen LogP contribution in [0.15, 0.2) is 40.2 Å². The number of pyridine rings is 3. The van der Waals surface area contributed by atoms with Crippen LogP contribution in [-0.4, -0.2) is 68.5 Å². The van der Waals surface area contributed by atoms with E-state index in [2.05, 4.69) is 25.5 Å². The van der Waals surface area contributed by atoms with Gasteiger partial charge < -0.3 is 25.2 Å². The molecule has 196 valence electrons. The molecule has 6 rings (SSSR count). The van der Waals surface area contributed by atoms with Crippen LogP contribution < -0.4 is 16.2 Å². The summed E-state index contributed by atoms with van der Waals surface area (Å²) in [6, 6.07) is 7.07. The number of rotatable bonds is 6. The maximum Gasteiger partial charge on any atom is 0.251 e. The highest BCUT2D eigenvalue weighted by Crippen LogP contribution is 2.35. The Hall–Kier alpha value is -2.57. The number of carbonyl (C=O) groups is 1. The second kappa shape index (κ2) is 10.7. The zero-order valence-electron chi connectivity index (χ0n) is 20.0. The average molecular weight is 547 g/mol. The number of hydrogen-bond acceptors (Lipinski definition) is 8. The highest BCUT2D eigenvalue weighted by molar-refractivity contribution is 8.00. The third-order valence-electron chi connectivity index (χ3n) is 7.30. The summed E-state index contributed by atoms with van der Waals surface area (Å²) in [7, 11) is 0. The van der Waals surface area contributed by atoms with Gasteiger partial charge in [-0.3, -0.25) is 14.6 Å². The van der Waals surface area contributed by atoms with Gasteiger partial charge in [0.05, 0.1) is 39.7 Å². The summed E-state index contributed by atoms with van der Waals surface area (Å²) in [6.07, 6.45) is 1.46. The SMILES string of the molecule is Cl.O=C1CSc2ccc(CNC[C@@H]3CN(CC4Cn5c(=O)ccc6ncc(F)c4c65)CC[C@@H]3O)nc2N1. The molecule has 3 aromatic rings. The van der Waals surface area contributed by atoms with E-state index < -0.39 is 6.10 Å². The van der Waals surface area contributed by atoms with Crippen molar-refractivity contribution >= 4 is 46.9 Å². The summed E-state index contributed by atoms with van der Waals surface area (Å²) in [6.45, 7) is 3.59. The Kier molecular flexibility index (Phi) is 7.51. The zero-order chi connectivity index (χ0) is 24.8. The average Bonchev–Trinajstić information content (AvgIpc) is 3.25. The first-order valence-corrected chi connectivity index (χ1v) is 13.2. The van der Waals surface area contributed by atoms with E-state index in [0.717, 1.165) is 17.1 Å². The highest BCUT2D eigenvalue weighted by Gasteiger charge is 2.34. The Morgan fingerprint density at radius 1 is 1.22 bits per heavy atom. The summed E-state index contributed by atoms with van der Waals surface area (Å²) in [4.78, 5) is 36.0. The lowest BCUT2D eigenvalue weighted by Gasteiger charge is -2.37. The predicted octanol–water partition coefficient (Wildman–Crippen LogP) is 1.97. The van der Waals surface area contributed by atoms with E-state index in [9.17, 15) is 19.1 Å². The molecule has 37 heavy (non-hydrogen) atoms. The van der Waals surface area contributed by atoms with Gasteiger partial charge in [-0.2, -0.15) is 0 Å². The molecular formula is C25H28ClFN6O3S. The summed E-state index contributed by atoms with van der Waals surface area (Å²) in [5, 5.41) is 16.8. The second-order valence-corrected chi connectivity index (χ2v) is 10.7. The van der Waals surface area contributed by atoms with Crippen molar-refractivity contribution in [3.8, 4) is 0 Å². The van der Waals surface area contributed by atoms with Crippen molar-refractivity contribution in [2.24, 2.45) is 5.92 Å². The lowest BCUT2D eigenvalue weighted by molar-refractivity contribution is -0.113. The molecule has 1 amide bonds. The molecule has 0 radical (unpaired) electrons. The van der Waals surface area contributed by atoms with Gasteiger partial charge >= 0.3 is 0 Å². The van der Waals surface area contributed by atoms with Crippen molar-refractivity contribution in [1.29, 1.82) is 0 Å². The molecule has 0 aliphatic carbocycles. The minimum Gasteiger partial charge on any atom is -0.393 e. The summed E-state index contributed by atoms with van der Waals surface area (Å²) >= 11 is 1.48. The minimum absolute atomic E-state index is 0.